The molecule has 0 aromatic heterocycles. The maximum atomic E-state index is 5.63. The first-order valence-electron chi connectivity index (χ1n) is 8.79. The molecule has 1 saturated heterocycles. The first-order valence-corrected chi connectivity index (χ1v) is 8.79. The van der Waals surface area contributed by atoms with Crippen LogP contribution in [-0.2, 0) is 4.74 Å². The number of morpholine rings is 1. The molecule has 0 radical (unpaired) electrons. The Morgan fingerprint density at radius 1 is 1.10 bits per heavy atom. The maximum absolute atomic E-state index is 5.63. The van der Waals surface area contributed by atoms with E-state index in [0.717, 1.165) is 26.3 Å². The summed E-state index contributed by atoms with van der Waals surface area (Å²) in [5.74, 6) is 0. The third-order valence-corrected chi connectivity index (χ3v) is 4.16. The number of unbranched alkanes of at least 4 members (excludes halogenated alkanes) is 6. The predicted molar refractivity (Wildman–Crippen MR) is 87.3 cm³/mol. The molecule has 1 heterocycles. The molecule has 3 nitrogen and oxygen atoms in total. The van der Waals surface area contributed by atoms with Crippen LogP contribution < -0.4 is 5.32 Å². The highest BCUT2D eigenvalue weighted by Crippen LogP contribution is 2.11. The first-order chi connectivity index (χ1) is 9.74. The van der Waals surface area contributed by atoms with Gasteiger partial charge in [-0.2, -0.15) is 0 Å². The molecule has 0 saturated carbocycles. The summed E-state index contributed by atoms with van der Waals surface area (Å²) in [6.45, 7) is 11.9. The molecule has 0 aromatic rings. The molecule has 1 unspecified atom stereocenters. The molecule has 1 N–H and O–H groups in total. The van der Waals surface area contributed by atoms with Gasteiger partial charge in [-0.15, -0.1) is 0 Å². The molecule has 1 atom stereocenters. The van der Waals surface area contributed by atoms with Crippen LogP contribution in [0.3, 0.4) is 0 Å². The molecule has 20 heavy (non-hydrogen) atoms. The fourth-order valence-corrected chi connectivity index (χ4v) is 2.82. The lowest BCUT2D eigenvalue weighted by Crippen LogP contribution is -2.51. The average Bonchev–Trinajstić information content (AvgIpc) is 2.45. The molecule has 3 heteroatoms. The van der Waals surface area contributed by atoms with Gasteiger partial charge in [-0.05, 0) is 13.0 Å². The summed E-state index contributed by atoms with van der Waals surface area (Å²) in [6.07, 6.45) is 9.77. The molecular formula is C17H36N2O. The Kier molecular flexibility index (Phi) is 10.3. The van der Waals surface area contributed by atoms with E-state index in [4.69, 9.17) is 4.74 Å². The maximum Gasteiger partial charge on any atom is 0.0634 e. The van der Waals surface area contributed by atoms with Crippen molar-refractivity contribution in [3.63, 3.8) is 0 Å². The van der Waals surface area contributed by atoms with E-state index in [0.29, 0.717) is 12.1 Å². The second-order valence-corrected chi connectivity index (χ2v) is 6.45. The van der Waals surface area contributed by atoms with Crippen molar-refractivity contribution in [3.05, 3.63) is 0 Å². The molecule has 1 fully saturated rings. The van der Waals surface area contributed by atoms with Crippen LogP contribution in [0.4, 0.5) is 0 Å². The van der Waals surface area contributed by atoms with Crippen LogP contribution in [0, 0.1) is 0 Å². The number of ether oxygens (including phenoxy) is 1. The van der Waals surface area contributed by atoms with Crippen molar-refractivity contribution in [1.29, 1.82) is 0 Å². The Morgan fingerprint density at radius 2 is 1.80 bits per heavy atom. The normalized spacial score (nSPS) is 20.7. The highest BCUT2D eigenvalue weighted by Gasteiger charge is 2.22. The van der Waals surface area contributed by atoms with Crippen molar-refractivity contribution < 1.29 is 4.74 Å². The van der Waals surface area contributed by atoms with Crippen LogP contribution >= 0.6 is 0 Å². The van der Waals surface area contributed by atoms with Gasteiger partial charge in [-0.1, -0.05) is 59.3 Å². The van der Waals surface area contributed by atoms with Gasteiger partial charge in [0.25, 0.3) is 0 Å². The van der Waals surface area contributed by atoms with Gasteiger partial charge in [0.05, 0.1) is 13.2 Å². The zero-order chi connectivity index (χ0) is 14.6. The van der Waals surface area contributed by atoms with Crippen molar-refractivity contribution in [2.45, 2.75) is 77.8 Å². The fourth-order valence-electron chi connectivity index (χ4n) is 2.82. The number of hydrogen-bond donors (Lipinski definition) is 1. The molecule has 1 aliphatic rings. The van der Waals surface area contributed by atoms with Crippen molar-refractivity contribution in [2.24, 2.45) is 0 Å². The second-order valence-electron chi connectivity index (χ2n) is 6.45. The van der Waals surface area contributed by atoms with E-state index < -0.39 is 0 Å². The molecule has 1 aliphatic heterocycles. The van der Waals surface area contributed by atoms with Gasteiger partial charge in [0, 0.05) is 25.2 Å². The smallest absolute Gasteiger partial charge is 0.0634 e. The molecule has 0 amide bonds. The number of hydrogen-bond acceptors (Lipinski definition) is 3. The summed E-state index contributed by atoms with van der Waals surface area (Å²) < 4.78 is 5.63. The van der Waals surface area contributed by atoms with Gasteiger partial charge in [-0.3, -0.25) is 4.90 Å². The Balaban J connectivity index is 2.09. The van der Waals surface area contributed by atoms with Crippen LogP contribution in [0.5, 0.6) is 0 Å². The predicted octanol–water partition coefficient (Wildman–Crippen LogP) is 3.44. The minimum Gasteiger partial charge on any atom is -0.378 e. The quantitative estimate of drug-likeness (QED) is 0.588. The Hall–Kier alpha value is -0.120. The van der Waals surface area contributed by atoms with Crippen molar-refractivity contribution in [3.8, 4) is 0 Å². The fraction of sp³-hybridized carbons (Fsp3) is 1.00. The summed E-state index contributed by atoms with van der Waals surface area (Å²) >= 11 is 0. The van der Waals surface area contributed by atoms with Gasteiger partial charge >= 0.3 is 0 Å². The van der Waals surface area contributed by atoms with E-state index in [9.17, 15) is 0 Å². The standard InChI is InChI=1S/C17H36N2O/c1-4-5-6-7-8-9-10-11-19-12-13-20-15-17(19)14-18-16(2)3/h16-18H,4-15H2,1-3H3. The Labute approximate surface area is 126 Å². The third-order valence-electron chi connectivity index (χ3n) is 4.16. The first kappa shape index (κ1) is 17.9. The van der Waals surface area contributed by atoms with E-state index in [1.54, 1.807) is 0 Å². The molecule has 0 aliphatic carbocycles. The van der Waals surface area contributed by atoms with E-state index in [1.807, 2.05) is 0 Å². The minimum absolute atomic E-state index is 0.567. The van der Waals surface area contributed by atoms with Crippen molar-refractivity contribution in [1.82, 2.24) is 10.2 Å². The lowest BCUT2D eigenvalue weighted by atomic mass is 10.1. The molecule has 1 rings (SSSR count). The van der Waals surface area contributed by atoms with Gasteiger partial charge in [-0.25, -0.2) is 0 Å². The number of nitrogens with one attached hydrogen (secondary N) is 1. The van der Waals surface area contributed by atoms with E-state index in [2.05, 4.69) is 31.0 Å². The van der Waals surface area contributed by atoms with Crippen LogP contribution in [0.25, 0.3) is 0 Å². The molecule has 0 spiro atoms. The van der Waals surface area contributed by atoms with E-state index in [-0.39, 0.29) is 0 Å². The monoisotopic (exact) mass is 284 g/mol. The van der Waals surface area contributed by atoms with Crippen LogP contribution in [0.2, 0.25) is 0 Å². The zero-order valence-electron chi connectivity index (χ0n) is 14.0. The SMILES string of the molecule is CCCCCCCCCN1CCOCC1CNC(C)C. The van der Waals surface area contributed by atoms with Crippen LogP contribution in [0.15, 0.2) is 0 Å². The topological polar surface area (TPSA) is 24.5 Å². The number of nitrogens with zero attached hydrogens (tertiary/aromatic N) is 1. The summed E-state index contributed by atoms with van der Waals surface area (Å²) in [6, 6.07) is 1.14. The summed E-state index contributed by atoms with van der Waals surface area (Å²) in [4.78, 5) is 2.63. The average molecular weight is 284 g/mol. The summed E-state index contributed by atoms with van der Waals surface area (Å²) in [5, 5.41) is 3.55. The van der Waals surface area contributed by atoms with Gasteiger partial charge in [0.1, 0.15) is 0 Å². The van der Waals surface area contributed by atoms with Crippen LogP contribution in [0.1, 0.15) is 65.7 Å². The second kappa shape index (κ2) is 11.5. The lowest BCUT2D eigenvalue weighted by Gasteiger charge is -2.36. The van der Waals surface area contributed by atoms with Gasteiger partial charge in [0.2, 0.25) is 0 Å². The van der Waals surface area contributed by atoms with Crippen molar-refractivity contribution in [2.75, 3.05) is 32.8 Å². The minimum atomic E-state index is 0.567. The third kappa shape index (κ3) is 8.23. The highest BCUT2D eigenvalue weighted by atomic mass is 16.5. The summed E-state index contributed by atoms with van der Waals surface area (Å²) in [5.41, 5.74) is 0. The number of rotatable bonds is 11. The molecular weight excluding hydrogens is 248 g/mol. The molecule has 0 bridgehead atoms. The lowest BCUT2D eigenvalue weighted by molar-refractivity contribution is -0.00797. The van der Waals surface area contributed by atoms with E-state index in [1.165, 1.54) is 51.5 Å². The Bertz CT molecular complexity index is 221. The zero-order valence-corrected chi connectivity index (χ0v) is 14.0. The van der Waals surface area contributed by atoms with Crippen molar-refractivity contribution >= 4 is 0 Å². The van der Waals surface area contributed by atoms with Gasteiger partial charge < -0.3 is 10.1 Å². The van der Waals surface area contributed by atoms with Gasteiger partial charge in [0.15, 0.2) is 0 Å². The Morgan fingerprint density at radius 3 is 2.50 bits per heavy atom. The van der Waals surface area contributed by atoms with Crippen LogP contribution in [-0.4, -0.2) is 49.8 Å². The molecule has 0 aromatic carbocycles. The largest absolute Gasteiger partial charge is 0.378 e. The summed E-state index contributed by atoms with van der Waals surface area (Å²) in [7, 11) is 0. The molecule has 120 valence electrons. The van der Waals surface area contributed by atoms with E-state index >= 15 is 0 Å². The highest BCUT2D eigenvalue weighted by molar-refractivity contribution is 4.78.